The maximum absolute atomic E-state index is 12.2. The molecule has 120 valence electrons. The van der Waals surface area contributed by atoms with E-state index in [9.17, 15) is 4.79 Å². The molecule has 0 saturated heterocycles. The van der Waals surface area contributed by atoms with Crippen molar-refractivity contribution in [3.63, 3.8) is 0 Å². The van der Waals surface area contributed by atoms with Crippen LogP contribution in [0.3, 0.4) is 0 Å². The molecule has 6 heteroatoms. The summed E-state index contributed by atoms with van der Waals surface area (Å²) >= 11 is 6.06. The van der Waals surface area contributed by atoms with Gasteiger partial charge in [-0.05, 0) is 49.2 Å². The first-order chi connectivity index (χ1) is 11.0. The van der Waals surface area contributed by atoms with Gasteiger partial charge in [0.2, 0.25) is 6.79 Å². The van der Waals surface area contributed by atoms with Crippen molar-refractivity contribution in [3.05, 3.63) is 52.5 Å². The predicted octanol–water partition coefficient (Wildman–Crippen LogP) is 4.26. The van der Waals surface area contributed by atoms with Gasteiger partial charge in [-0.15, -0.1) is 0 Å². The maximum Gasteiger partial charge on any atom is 0.319 e. The molecule has 0 bridgehead atoms. The van der Waals surface area contributed by atoms with Gasteiger partial charge in [-0.3, -0.25) is 0 Å². The molecular formula is C17H17ClN2O3. The van der Waals surface area contributed by atoms with Crippen LogP contribution in [0.1, 0.15) is 24.1 Å². The number of anilines is 1. The molecule has 5 nitrogen and oxygen atoms in total. The summed E-state index contributed by atoms with van der Waals surface area (Å²) in [6.07, 6.45) is 0. The third-order valence-corrected chi connectivity index (χ3v) is 4.17. The number of nitrogens with one attached hydrogen (secondary N) is 2. The zero-order chi connectivity index (χ0) is 16.4. The fraction of sp³-hybridized carbons (Fsp3) is 0.235. The van der Waals surface area contributed by atoms with E-state index in [2.05, 4.69) is 10.6 Å². The average Bonchev–Trinajstić information content (AvgIpc) is 2.99. The number of urea groups is 1. The molecule has 2 aromatic carbocycles. The van der Waals surface area contributed by atoms with Crippen molar-refractivity contribution in [2.24, 2.45) is 0 Å². The van der Waals surface area contributed by atoms with Gasteiger partial charge in [0, 0.05) is 10.7 Å². The van der Waals surface area contributed by atoms with Gasteiger partial charge in [-0.2, -0.15) is 0 Å². The van der Waals surface area contributed by atoms with E-state index in [1.807, 2.05) is 38.1 Å². The first-order valence-electron chi connectivity index (χ1n) is 7.27. The van der Waals surface area contributed by atoms with Crippen LogP contribution in [0.15, 0.2) is 36.4 Å². The fourth-order valence-electron chi connectivity index (χ4n) is 2.36. The number of fused-ring (bicyclic) bond motifs is 1. The Morgan fingerprint density at radius 2 is 2.00 bits per heavy atom. The number of hydrogen-bond donors (Lipinski definition) is 2. The lowest BCUT2D eigenvalue weighted by Crippen LogP contribution is -2.31. The van der Waals surface area contributed by atoms with Gasteiger partial charge >= 0.3 is 6.03 Å². The van der Waals surface area contributed by atoms with Gasteiger partial charge in [0.25, 0.3) is 0 Å². The van der Waals surface area contributed by atoms with Gasteiger partial charge in [0.1, 0.15) is 0 Å². The molecule has 0 aromatic heterocycles. The molecule has 0 saturated carbocycles. The summed E-state index contributed by atoms with van der Waals surface area (Å²) in [7, 11) is 0. The zero-order valence-corrected chi connectivity index (χ0v) is 13.6. The van der Waals surface area contributed by atoms with Crippen LogP contribution in [0.25, 0.3) is 0 Å². The SMILES string of the molecule is Cc1c(Cl)cccc1NC(=O)NC(C)c1ccc2c(c1)OCO2. The van der Waals surface area contributed by atoms with Crippen LogP contribution in [-0.4, -0.2) is 12.8 Å². The number of hydrogen-bond acceptors (Lipinski definition) is 3. The normalized spacial score (nSPS) is 13.5. The highest BCUT2D eigenvalue weighted by atomic mass is 35.5. The molecule has 1 unspecified atom stereocenters. The van der Waals surface area contributed by atoms with Gasteiger partial charge in [0.15, 0.2) is 11.5 Å². The van der Waals surface area contributed by atoms with E-state index in [0.717, 1.165) is 16.9 Å². The molecule has 1 heterocycles. The predicted molar refractivity (Wildman–Crippen MR) is 89.3 cm³/mol. The number of carbonyl (C=O) groups excluding carboxylic acids is 1. The molecule has 2 aromatic rings. The number of benzene rings is 2. The van der Waals surface area contributed by atoms with Crippen LogP contribution in [-0.2, 0) is 0 Å². The molecule has 1 aliphatic heterocycles. The summed E-state index contributed by atoms with van der Waals surface area (Å²) in [6, 6.07) is 10.5. The Morgan fingerprint density at radius 3 is 2.83 bits per heavy atom. The Hall–Kier alpha value is -2.40. The monoisotopic (exact) mass is 332 g/mol. The van der Waals surface area contributed by atoms with Crippen molar-refractivity contribution >= 4 is 23.3 Å². The van der Waals surface area contributed by atoms with Gasteiger partial charge in [0.05, 0.1) is 6.04 Å². The third kappa shape index (κ3) is 3.35. The molecule has 2 N–H and O–H groups in total. The van der Waals surface area contributed by atoms with Crippen LogP contribution >= 0.6 is 11.6 Å². The summed E-state index contributed by atoms with van der Waals surface area (Å²) < 4.78 is 10.6. The second-order valence-electron chi connectivity index (χ2n) is 5.35. The lowest BCUT2D eigenvalue weighted by atomic mass is 10.1. The van der Waals surface area contributed by atoms with Crippen molar-refractivity contribution < 1.29 is 14.3 Å². The molecular weight excluding hydrogens is 316 g/mol. The molecule has 0 spiro atoms. The second-order valence-corrected chi connectivity index (χ2v) is 5.75. The molecule has 0 aliphatic carbocycles. The number of halogens is 1. The van der Waals surface area contributed by atoms with Crippen molar-refractivity contribution in [3.8, 4) is 11.5 Å². The summed E-state index contributed by atoms with van der Waals surface area (Å²) in [5.41, 5.74) is 2.46. The van der Waals surface area contributed by atoms with E-state index < -0.39 is 0 Å². The van der Waals surface area contributed by atoms with Crippen LogP contribution in [0.2, 0.25) is 5.02 Å². The topological polar surface area (TPSA) is 59.6 Å². The van der Waals surface area contributed by atoms with Crippen molar-refractivity contribution in [2.45, 2.75) is 19.9 Å². The minimum absolute atomic E-state index is 0.177. The quantitative estimate of drug-likeness (QED) is 0.882. The third-order valence-electron chi connectivity index (χ3n) is 3.76. The van der Waals surface area contributed by atoms with E-state index in [1.165, 1.54) is 0 Å². The molecule has 3 rings (SSSR count). The number of amides is 2. The summed E-state index contributed by atoms with van der Waals surface area (Å²) in [4.78, 5) is 12.2. The van der Waals surface area contributed by atoms with Crippen LogP contribution < -0.4 is 20.1 Å². The van der Waals surface area contributed by atoms with Crippen molar-refractivity contribution in [2.75, 3.05) is 12.1 Å². The van der Waals surface area contributed by atoms with Gasteiger partial charge in [-0.25, -0.2) is 4.79 Å². The zero-order valence-electron chi connectivity index (χ0n) is 12.9. The second kappa shape index (κ2) is 6.38. The standard InChI is InChI=1S/C17H17ClN2O3/c1-10-13(18)4-3-5-14(10)20-17(21)19-11(2)12-6-7-15-16(8-12)23-9-22-15/h3-8,11H,9H2,1-2H3,(H2,19,20,21). The van der Waals surface area contributed by atoms with E-state index in [-0.39, 0.29) is 18.9 Å². The maximum atomic E-state index is 12.2. The first kappa shape index (κ1) is 15.5. The van der Waals surface area contributed by atoms with Crippen LogP contribution in [0.4, 0.5) is 10.5 Å². The Balaban J connectivity index is 1.66. The number of carbonyl (C=O) groups is 1. The summed E-state index contributed by atoms with van der Waals surface area (Å²) in [5.74, 6) is 1.42. The summed E-state index contributed by atoms with van der Waals surface area (Å²) in [5, 5.41) is 6.32. The molecule has 1 atom stereocenters. The summed E-state index contributed by atoms with van der Waals surface area (Å²) in [6.45, 7) is 4.00. The lowest BCUT2D eigenvalue weighted by molar-refractivity contribution is 0.174. The van der Waals surface area contributed by atoms with E-state index in [0.29, 0.717) is 16.5 Å². The molecule has 0 radical (unpaired) electrons. The highest BCUT2D eigenvalue weighted by molar-refractivity contribution is 6.31. The fourth-order valence-corrected chi connectivity index (χ4v) is 2.54. The first-order valence-corrected chi connectivity index (χ1v) is 7.64. The molecule has 23 heavy (non-hydrogen) atoms. The van der Waals surface area contributed by atoms with E-state index in [1.54, 1.807) is 12.1 Å². The van der Waals surface area contributed by atoms with Gasteiger partial charge < -0.3 is 20.1 Å². The average molecular weight is 333 g/mol. The highest BCUT2D eigenvalue weighted by Gasteiger charge is 2.17. The Kier molecular flexibility index (Phi) is 4.30. The van der Waals surface area contributed by atoms with Crippen LogP contribution in [0.5, 0.6) is 11.5 Å². The Bertz CT molecular complexity index is 749. The molecule has 0 fully saturated rings. The minimum Gasteiger partial charge on any atom is -0.454 e. The smallest absolute Gasteiger partial charge is 0.319 e. The van der Waals surface area contributed by atoms with Crippen molar-refractivity contribution in [1.82, 2.24) is 5.32 Å². The van der Waals surface area contributed by atoms with E-state index >= 15 is 0 Å². The lowest BCUT2D eigenvalue weighted by Gasteiger charge is -2.16. The van der Waals surface area contributed by atoms with Crippen LogP contribution in [0, 0.1) is 6.92 Å². The molecule has 1 aliphatic rings. The Morgan fingerprint density at radius 1 is 1.22 bits per heavy atom. The van der Waals surface area contributed by atoms with Gasteiger partial charge in [-0.1, -0.05) is 23.7 Å². The Labute approximate surface area is 139 Å². The number of rotatable bonds is 3. The number of ether oxygens (including phenoxy) is 2. The van der Waals surface area contributed by atoms with Crippen molar-refractivity contribution in [1.29, 1.82) is 0 Å². The largest absolute Gasteiger partial charge is 0.454 e. The highest BCUT2D eigenvalue weighted by Crippen LogP contribution is 2.34. The molecule has 2 amide bonds. The minimum atomic E-state index is -0.291. The van der Waals surface area contributed by atoms with E-state index in [4.69, 9.17) is 21.1 Å².